The molecule has 1 aromatic heterocycles. The molecule has 6 heteroatoms. The van der Waals surface area contributed by atoms with E-state index in [1.165, 1.54) is 12.0 Å². The molecule has 96 valence electrons. The van der Waals surface area contributed by atoms with E-state index in [0.717, 1.165) is 5.69 Å². The van der Waals surface area contributed by atoms with E-state index in [-0.39, 0.29) is 19.1 Å². The smallest absolute Gasteiger partial charge is 0.257 e. The first-order chi connectivity index (χ1) is 7.97. The Morgan fingerprint density at radius 2 is 2.24 bits per heavy atom. The van der Waals surface area contributed by atoms with Gasteiger partial charge >= 0.3 is 0 Å². The lowest BCUT2D eigenvalue weighted by Crippen LogP contribution is -2.36. The van der Waals surface area contributed by atoms with E-state index in [4.69, 9.17) is 4.74 Å². The predicted molar refractivity (Wildman–Crippen MR) is 62.9 cm³/mol. The van der Waals surface area contributed by atoms with Crippen LogP contribution in [-0.4, -0.2) is 59.5 Å². The minimum atomic E-state index is -0.679. The molecule has 0 aliphatic rings. The number of aliphatic hydroxyl groups is 1. The van der Waals surface area contributed by atoms with Crippen molar-refractivity contribution < 1.29 is 14.6 Å². The Morgan fingerprint density at radius 1 is 1.59 bits per heavy atom. The molecule has 0 fully saturated rings. The Labute approximate surface area is 101 Å². The van der Waals surface area contributed by atoms with Gasteiger partial charge in [-0.05, 0) is 13.8 Å². The van der Waals surface area contributed by atoms with Crippen molar-refractivity contribution >= 4 is 5.91 Å². The number of ether oxygens (including phenoxy) is 1. The SMILES string of the molecule is COCC(O)CN(C)C(=O)c1c(C)n[nH]c1C. The van der Waals surface area contributed by atoms with Crippen molar-refractivity contribution in [3.05, 3.63) is 17.0 Å². The maximum atomic E-state index is 12.1. The number of aliphatic hydroxyl groups excluding tert-OH is 1. The highest BCUT2D eigenvalue weighted by Gasteiger charge is 2.20. The second kappa shape index (κ2) is 5.79. The summed E-state index contributed by atoms with van der Waals surface area (Å²) in [6.07, 6.45) is -0.679. The zero-order valence-corrected chi connectivity index (χ0v) is 10.6. The van der Waals surface area contributed by atoms with Crippen LogP contribution in [0.15, 0.2) is 0 Å². The average molecular weight is 241 g/mol. The number of methoxy groups -OCH3 is 1. The Balaban J connectivity index is 2.70. The van der Waals surface area contributed by atoms with Gasteiger partial charge in [0.25, 0.3) is 5.91 Å². The first kappa shape index (κ1) is 13.7. The normalized spacial score (nSPS) is 12.5. The van der Waals surface area contributed by atoms with Crippen LogP contribution in [-0.2, 0) is 4.74 Å². The highest BCUT2D eigenvalue weighted by molar-refractivity contribution is 5.96. The van der Waals surface area contributed by atoms with Crippen molar-refractivity contribution in [3.8, 4) is 0 Å². The van der Waals surface area contributed by atoms with Gasteiger partial charge in [0.05, 0.1) is 24.0 Å². The lowest BCUT2D eigenvalue weighted by molar-refractivity contribution is 0.0379. The molecule has 0 aliphatic heterocycles. The third kappa shape index (κ3) is 3.28. The van der Waals surface area contributed by atoms with E-state index in [1.54, 1.807) is 20.9 Å². The number of amides is 1. The summed E-state index contributed by atoms with van der Waals surface area (Å²) in [6.45, 7) is 4.01. The van der Waals surface area contributed by atoms with E-state index in [0.29, 0.717) is 11.3 Å². The topological polar surface area (TPSA) is 78.5 Å². The zero-order chi connectivity index (χ0) is 13.0. The van der Waals surface area contributed by atoms with Crippen LogP contribution in [0.25, 0.3) is 0 Å². The van der Waals surface area contributed by atoms with Crippen LogP contribution in [0.2, 0.25) is 0 Å². The summed E-state index contributed by atoms with van der Waals surface area (Å²) in [5.41, 5.74) is 1.97. The number of rotatable bonds is 5. The van der Waals surface area contributed by atoms with Crippen LogP contribution in [0.4, 0.5) is 0 Å². The summed E-state index contributed by atoms with van der Waals surface area (Å²) in [5, 5.41) is 16.3. The molecule has 0 saturated heterocycles. The van der Waals surface area contributed by atoms with Gasteiger partial charge in [-0.15, -0.1) is 0 Å². The van der Waals surface area contributed by atoms with Crippen LogP contribution >= 0.6 is 0 Å². The van der Waals surface area contributed by atoms with Crippen LogP contribution in [0, 0.1) is 13.8 Å². The third-order valence-corrected chi connectivity index (χ3v) is 2.53. The molecule has 0 aliphatic carbocycles. The first-order valence-corrected chi connectivity index (χ1v) is 5.41. The van der Waals surface area contributed by atoms with Crippen LogP contribution in [0.1, 0.15) is 21.7 Å². The molecule has 1 unspecified atom stereocenters. The molecule has 1 amide bonds. The van der Waals surface area contributed by atoms with Gasteiger partial charge < -0.3 is 14.7 Å². The lowest BCUT2D eigenvalue weighted by atomic mass is 10.1. The van der Waals surface area contributed by atoms with Gasteiger partial charge in [0.1, 0.15) is 0 Å². The summed E-state index contributed by atoms with van der Waals surface area (Å²) < 4.78 is 4.82. The van der Waals surface area contributed by atoms with E-state index in [2.05, 4.69) is 10.2 Å². The summed E-state index contributed by atoms with van der Waals surface area (Å²) in [5.74, 6) is -0.149. The quantitative estimate of drug-likeness (QED) is 0.766. The maximum Gasteiger partial charge on any atom is 0.257 e. The van der Waals surface area contributed by atoms with Crippen LogP contribution in [0.5, 0.6) is 0 Å². The van der Waals surface area contributed by atoms with Gasteiger partial charge in [-0.2, -0.15) is 5.10 Å². The van der Waals surface area contributed by atoms with Gasteiger partial charge in [0.2, 0.25) is 0 Å². The molecule has 0 aromatic carbocycles. The molecule has 1 rings (SSSR count). The second-order valence-electron chi connectivity index (χ2n) is 4.10. The fourth-order valence-corrected chi connectivity index (χ4v) is 1.70. The van der Waals surface area contributed by atoms with Crippen molar-refractivity contribution in [2.45, 2.75) is 20.0 Å². The van der Waals surface area contributed by atoms with Crippen molar-refractivity contribution in [2.75, 3.05) is 27.3 Å². The number of hydrogen-bond acceptors (Lipinski definition) is 4. The average Bonchev–Trinajstić information content (AvgIpc) is 2.58. The van der Waals surface area contributed by atoms with E-state index in [9.17, 15) is 9.90 Å². The molecule has 0 radical (unpaired) electrons. The van der Waals surface area contributed by atoms with Crippen molar-refractivity contribution in [3.63, 3.8) is 0 Å². The molecule has 6 nitrogen and oxygen atoms in total. The van der Waals surface area contributed by atoms with Crippen molar-refractivity contribution in [2.24, 2.45) is 0 Å². The van der Waals surface area contributed by atoms with Crippen LogP contribution < -0.4 is 0 Å². The number of aromatic nitrogens is 2. The lowest BCUT2D eigenvalue weighted by Gasteiger charge is -2.20. The summed E-state index contributed by atoms with van der Waals surface area (Å²) in [4.78, 5) is 13.6. The molecule has 1 atom stereocenters. The van der Waals surface area contributed by atoms with Gasteiger partial charge in [-0.25, -0.2) is 0 Å². The van der Waals surface area contributed by atoms with Gasteiger partial charge in [-0.3, -0.25) is 9.89 Å². The number of nitrogens with zero attached hydrogens (tertiary/aromatic N) is 2. The monoisotopic (exact) mass is 241 g/mol. The van der Waals surface area contributed by atoms with Gasteiger partial charge in [-0.1, -0.05) is 0 Å². The molecule has 2 N–H and O–H groups in total. The maximum absolute atomic E-state index is 12.1. The van der Waals surface area contributed by atoms with E-state index < -0.39 is 6.10 Å². The standard InChI is InChI=1S/C11H19N3O3/c1-7-10(8(2)13-12-7)11(16)14(3)5-9(15)6-17-4/h9,15H,5-6H2,1-4H3,(H,12,13). The molecule has 1 heterocycles. The highest BCUT2D eigenvalue weighted by Crippen LogP contribution is 2.12. The third-order valence-electron chi connectivity index (χ3n) is 2.53. The fraction of sp³-hybridized carbons (Fsp3) is 0.636. The van der Waals surface area contributed by atoms with Gasteiger partial charge in [0.15, 0.2) is 0 Å². The number of nitrogens with one attached hydrogen (secondary N) is 1. The van der Waals surface area contributed by atoms with Crippen molar-refractivity contribution in [1.82, 2.24) is 15.1 Å². The Bertz CT molecular complexity index is 370. The number of carbonyl (C=O) groups excluding carboxylic acids is 1. The molecular weight excluding hydrogens is 222 g/mol. The predicted octanol–water partition coefficient (Wildman–Crippen LogP) is 0.106. The Morgan fingerprint density at radius 3 is 2.71 bits per heavy atom. The largest absolute Gasteiger partial charge is 0.389 e. The number of H-pyrrole nitrogens is 1. The molecule has 1 aromatic rings. The number of carbonyl (C=O) groups is 1. The summed E-state index contributed by atoms with van der Waals surface area (Å²) in [7, 11) is 3.16. The zero-order valence-electron chi connectivity index (χ0n) is 10.6. The minimum absolute atomic E-state index is 0.149. The van der Waals surface area contributed by atoms with Crippen molar-refractivity contribution in [1.29, 1.82) is 0 Å². The van der Waals surface area contributed by atoms with Crippen LogP contribution in [0.3, 0.4) is 0 Å². The fourth-order valence-electron chi connectivity index (χ4n) is 1.70. The Hall–Kier alpha value is -1.40. The van der Waals surface area contributed by atoms with Gasteiger partial charge in [0, 0.05) is 26.4 Å². The second-order valence-corrected chi connectivity index (χ2v) is 4.10. The number of aryl methyl sites for hydroxylation is 2. The van der Waals surface area contributed by atoms with E-state index in [1.807, 2.05) is 0 Å². The molecular formula is C11H19N3O3. The minimum Gasteiger partial charge on any atom is -0.389 e. The molecule has 0 bridgehead atoms. The number of aromatic amines is 1. The van der Waals surface area contributed by atoms with E-state index >= 15 is 0 Å². The summed E-state index contributed by atoms with van der Waals surface area (Å²) in [6, 6.07) is 0. The number of likely N-dealkylation sites (N-methyl/N-ethyl adjacent to an activating group) is 1. The summed E-state index contributed by atoms with van der Waals surface area (Å²) >= 11 is 0. The molecule has 0 saturated carbocycles. The highest BCUT2D eigenvalue weighted by atomic mass is 16.5. The number of hydrogen-bond donors (Lipinski definition) is 2. The first-order valence-electron chi connectivity index (χ1n) is 5.41. The Kier molecular flexibility index (Phi) is 4.65. The molecule has 0 spiro atoms. The molecule has 17 heavy (non-hydrogen) atoms.